The summed E-state index contributed by atoms with van der Waals surface area (Å²) in [7, 11) is 1.63. The zero-order valence-electron chi connectivity index (χ0n) is 8.22. The first-order valence-electron chi connectivity index (χ1n) is 4.28. The van der Waals surface area contributed by atoms with Gasteiger partial charge >= 0.3 is 0 Å². The van der Waals surface area contributed by atoms with E-state index in [9.17, 15) is 4.79 Å². The smallest absolute Gasteiger partial charge is 0.251 e. The Morgan fingerprint density at radius 3 is 1.92 bits per heavy atom. The van der Waals surface area contributed by atoms with Crippen molar-refractivity contribution in [3.63, 3.8) is 0 Å². The van der Waals surface area contributed by atoms with Crippen LogP contribution in [0.25, 0.3) is 0 Å². The van der Waals surface area contributed by atoms with Crippen LogP contribution in [0.5, 0.6) is 0 Å². The van der Waals surface area contributed by atoms with E-state index in [1.807, 2.05) is 24.3 Å². The average molecular weight is 176 g/mol. The summed E-state index contributed by atoms with van der Waals surface area (Å²) in [6.45, 7) is 4.10. The summed E-state index contributed by atoms with van der Waals surface area (Å²) in [5.41, 5.74) is 1.88. The molecule has 0 aliphatic heterocycles. The summed E-state index contributed by atoms with van der Waals surface area (Å²) >= 11 is 0. The number of nitrogens with one attached hydrogen (secondary N) is 1. The van der Waals surface area contributed by atoms with Crippen LogP contribution in [-0.2, 0) is 0 Å². The molecule has 1 N–H and O–H groups in total. The molecule has 2 nitrogen and oxygen atoms in total. The molecule has 0 saturated carbocycles. The first-order chi connectivity index (χ1) is 6.15. The molecule has 0 fully saturated rings. The lowest BCUT2D eigenvalue weighted by Gasteiger charge is -2.05. The molecule has 69 valence electrons. The maximum Gasteiger partial charge on any atom is 0.251 e. The number of rotatable bonds is 2. The van der Waals surface area contributed by atoms with E-state index in [0.29, 0.717) is 5.56 Å². The second kappa shape index (κ2) is 4.08. The zero-order chi connectivity index (χ0) is 9.84. The fourth-order valence-electron chi connectivity index (χ4n) is 1.10. The molecule has 1 aromatic rings. The van der Waals surface area contributed by atoms with Gasteiger partial charge in [-0.1, -0.05) is 26.0 Å². The van der Waals surface area contributed by atoms with Gasteiger partial charge in [-0.15, -0.1) is 0 Å². The van der Waals surface area contributed by atoms with Crippen molar-refractivity contribution in [2.75, 3.05) is 7.05 Å². The van der Waals surface area contributed by atoms with Gasteiger partial charge < -0.3 is 5.32 Å². The molecule has 1 amide bonds. The van der Waals surface area contributed by atoms with Crippen molar-refractivity contribution in [1.82, 2.24) is 5.32 Å². The summed E-state index contributed by atoms with van der Waals surface area (Å²) < 4.78 is 0. The normalized spacial score (nSPS) is 10.2. The molecule has 0 saturated heterocycles. The van der Waals surface area contributed by atoms with Gasteiger partial charge in [-0.05, 0) is 23.6 Å². The van der Waals surface area contributed by atoms with Crippen molar-refractivity contribution in [3.05, 3.63) is 41.3 Å². The Balaban J connectivity index is 2.87. The molecular weight excluding hydrogens is 162 g/mol. The van der Waals surface area contributed by atoms with Crippen LogP contribution in [0.1, 0.15) is 29.8 Å². The van der Waals surface area contributed by atoms with Crippen molar-refractivity contribution < 1.29 is 4.79 Å². The summed E-state index contributed by atoms with van der Waals surface area (Å²) in [6, 6.07) is 7.59. The molecule has 0 aliphatic rings. The number of amides is 1. The summed E-state index contributed by atoms with van der Waals surface area (Å²) in [6.07, 6.45) is 0. The standard InChI is InChI=1S/C11H14NO/c1-8(2)9-4-6-10(7-5-9)11(13)12-3/h4-7H,1-3H3,(H,12,13). The van der Waals surface area contributed by atoms with Crippen LogP contribution in [0, 0.1) is 5.92 Å². The van der Waals surface area contributed by atoms with E-state index < -0.39 is 0 Å². The molecule has 0 unspecified atom stereocenters. The maximum atomic E-state index is 11.2. The molecule has 0 atom stereocenters. The van der Waals surface area contributed by atoms with E-state index in [4.69, 9.17) is 0 Å². The molecule has 0 aromatic heterocycles. The highest BCUT2D eigenvalue weighted by molar-refractivity contribution is 5.93. The third-order valence-electron chi connectivity index (χ3n) is 1.95. The molecule has 0 aliphatic carbocycles. The van der Waals surface area contributed by atoms with Crippen molar-refractivity contribution in [3.8, 4) is 0 Å². The van der Waals surface area contributed by atoms with Crippen LogP contribution in [0.4, 0.5) is 0 Å². The summed E-state index contributed by atoms with van der Waals surface area (Å²) in [4.78, 5) is 11.2. The lowest BCUT2D eigenvalue weighted by Crippen LogP contribution is -2.17. The van der Waals surface area contributed by atoms with Crippen molar-refractivity contribution in [1.29, 1.82) is 0 Å². The second-order valence-electron chi connectivity index (χ2n) is 3.16. The van der Waals surface area contributed by atoms with Gasteiger partial charge in [0.05, 0.1) is 0 Å². The van der Waals surface area contributed by atoms with Gasteiger partial charge in [0.1, 0.15) is 0 Å². The second-order valence-corrected chi connectivity index (χ2v) is 3.16. The molecule has 1 rings (SSSR count). The number of hydrogen-bond acceptors (Lipinski definition) is 1. The SMILES string of the molecule is CNC(=O)c1ccc([C](C)C)cc1. The van der Waals surface area contributed by atoms with E-state index in [1.165, 1.54) is 11.5 Å². The molecule has 2 heteroatoms. The predicted octanol–water partition coefficient (Wildman–Crippen LogP) is 2.01. The van der Waals surface area contributed by atoms with Gasteiger partial charge in [0, 0.05) is 12.6 Å². The molecule has 0 spiro atoms. The third-order valence-corrected chi connectivity index (χ3v) is 1.95. The van der Waals surface area contributed by atoms with Crippen LogP contribution >= 0.6 is 0 Å². The molecule has 13 heavy (non-hydrogen) atoms. The van der Waals surface area contributed by atoms with E-state index >= 15 is 0 Å². The van der Waals surface area contributed by atoms with Crippen molar-refractivity contribution >= 4 is 5.91 Å². The maximum absolute atomic E-state index is 11.2. The Morgan fingerprint density at radius 1 is 1.08 bits per heavy atom. The zero-order valence-corrected chi connectivity index (χ0v) is 8.22. The number of benzene rings is 1. The highest BCUT2D eigenvalue weighted by Gasteiger charge is 2.03. The van der Waals surface area contributed by atoms with Crippen molar-refractivity contribution in [2.45, 2.75) is 13.8 Å². The molecule has 1 radical (unpaired) electrons. The third kappa shape index (κ3) is 2.31. The van der Waals surface area contributed by atoms with Crippen LogP contribution in [-0.4, -0.2) is 13.0 Å². The van der Waals surface area contributed by atoms with Crippen LogP contribution in [0.2, 0.25) is 0 Å². The van der Waals surface area contributed by atoms with E-state index in [0.717, 1.165) is 0 Å². The van der Waals surface area contributed by atoms with E-state index in [1.54, 1.807) is 7.05 Å². The minimum absolute atomic E-state index is 0.0414. The van der Waals surface area contributed by atoms with Gasteiger partial charge in [-0.2, -0.15) is 0 Å². The Kier molecular flexibility index (Phi) is 3.07. The topological polar surface area (TPSA) is 29.1 Å². The molecule has 0 bridgehead atoms. The molecule has 0 heterocycles. The predicted molar refractivity (Wildman–Crippen MR) is 53.5 cm³/mol. The summed E-state index contributed by atoms with van der Waals surface area (Å²) in [5, 5.41) is 2.58. The van der Waals surface area contributed by atoms with Crippen LogP contribution in [0.3, 0.4) is 0 Å². The Bertz CT molecular complexity index is 287. The molecular formula is C11H14NO. The highest BCUT2D eigenvalue weighted by Crippen LogP contribution is 2.13. The summed E-state index contributed by atoms with van der Waals surface area (Å²) in [5.74, 6) is 1.21. The number of carbonyl (C=O) groups is 1. The quantitative estimate of drug-likeness (QED) is 0.733. The Labute approximate surface area is 79.0 Å². The minimum atomic E-state index is -0.0414. The number of carbonyl (C=O) groups excluding carboxylic acids is 1. The lowest BCUT2D eigenvalue weighted by atomic mass is 10.0. The number of hydrogen-bond donors (Lipinski definition) is 1. The lowest BCUT2D eigenvalue weighted by molar-refractivity contribution is 0.0963. The highest BCUT2D eigenvalue weighted by atomic mass is 16.1. The van der Waals surface area contributed by atoms with Crippen LogP contribution in [0.15, 0.2) is 24.3 Å². The van der Waals surface area contributed by atoms with Crippen LogP contribution < -0.4 is 5.32 Å². The molecule has 1 aromatic carbocycles. The first kappa shape index (κ1) is 9.78. The van der Waals surface area contributed by atoms with Gasteiger partial charge in [-0.3, -0.25) is 4.79 Å². The van der Waals surface area contributed by atoms with Gasteiger partial charge in [0.25, 0.3) is 5.91 Å². The van der Waals surface area contributed by atoms with Gasteiger partial charge in [0.15, 0.2) is 0 Å². The van der Waals surface area contributed by atoms with E-state index in [-0.39, 0.29) is 5.91 Å². The minimum Gasteiger partial charge on any atom is -0.355 e. The fourth-order valence-corrected chi connectivity index (χ4v) is 1.10. The largest absolute Gasteiger partial charge is 0.355 e. The Morgan fingerprint density at radius 2 is 1.54 bits per heavy atom. The average Bonchev–Trinajstić information content (AvgIpc) is 2.17. The van der Waals surface area contributed by atoms with E-state index in [2.05, 4.69) is 19.2 Å². The van der Waals surface area contributed by atoms with Gasteiger partial charge in [0.2, 0.25) is 0 Å². The Hall–Kier alpha value is -1.31. The first-order valence-corrected chi connectivity index (χ1v) is 4.28. The fraction of sp³-hybridized carbons (Fsp3) is 0.273. The monoisotopic (exact) mass is 176 g/mol. The van der Waals surface area contributed by atoms with Crippen molar-refractivity contribution in [2.24, 2.45) is 0 Å². The van der Waals surface area contributed by atoms with Gasteiger partial charge in [-0.25, -0.2) is 0 Å².